The standard InChI is InChI=1S/C73H133NO18/c1-3-5-7-9-11-13-15-17-19-20-21-22-23-24-25-26-27-28-29-30-31-32-33-34-35-37-38-40-42-44-46-48-50-57(78)56(74-61(79)51-49-47-45-43-41-39-36-18-16-14-12-10-8-6-4-2)55-87-71-67(85)64(82)69(59(53-76)89-71)92-73-68(86)65(83)70(60(54-77)90-73)91-72-66(84)63(81)62(80)58(52-75)88-72/h6,8,12,14,18,36,48,50,56-60,62-73,75-78,80-86H,3-5,7,9-11,13,15-17,19-35,37-47,49,51-55H2,1-2H3,(H,74,79)/b8-6-,14-12-,36-18-,50-48+. The van der Waals surface area contributed by atoms with E-state index in [1.54, 1.807) is 6.08 Å². The van der Waals surface area contributed by atoms with E-state index in [4.69, 9.17) is 28.4 Å². The first-order valence-corrected chi connectivity index (χ1v) is 36.9. The molecule has 0 aliphatic carbocycles. The van der Waals surface area contributed by atoms with Crippen molar-refractivity contribution in [2.75, 3.05) is 26.4 Å². The van der Waals surface area contributed by atoms with E-state index in [1.165, 1.54) is 173 Å². The Morgan fingerprint density at radius 3 is 1.17 bits per heavy atom. The summed E-state index contributed by atoms with van der Waals surface area (Å²) < 4.78 is 34.3. The van der Waals surface area contributed by atoms with Crippen LogP contribution in [0.2, 0.25) is 0 Å². The SMILES string of the molecule is CC/C=C\C/C=C\C/C=C\CCCCCCCC(=O)NC(COC1OC(CO)C(OC2OC(CO)C(OC3OC(CO)C(O)C(O)C3O)C(O)C2O)C(O)C1O)C(O)/C=C/CCCCCCCCCCCCCCCCCCCCCCCCCCCCCCCC. The number of allylic oxidation sites excluding steroid dienone is 7. The van der Waals surface area contributed by atoms with Crippen LogP contribution >= 0.6 is 0 Å². The van der Waals surface area contributed by atoms with E-state index < -0.39 is 124 Å². The molecule has 0 bridgehead atoms. The van der Waals surface area contributed by atoms with Gasteiger partial charge < -0.3 is 89.9 Å². The van der Waals surface area contributed by atoms with Crippen LogP contribution in [0.25, 0.3) is 0 Å². The zero-order valence-corrected chi connectivity index (χ0v) is 57.0. The zero-order valence-electron chi connectivity index (χ0n) is 57.0. The predicted molar refractivity (Wildman–Crippen MR) is 360 cm³/mol. The number of unbranched alkanes of at least 4 members (excludes halogenated alkanes) is 35. The summed E-state index contributed by atoms with van der Waals surface area (Å²) in [4.78, 5) is 13.4. The van der Waals surface area contributed by atoms with Gasteiger partial charge in [-0.05, 0) is 51.4 Å². The molecule has 17 atom stereocenters. The molecule has 3 heterocycles. The monoisotopic (exact) mass is 1310 g/mol. The van der Waals surface area contributed by atoms with Gasteiger partial charge in [0, 0.05) is 6.42 Å². The van der Waals surface area contributed by atoms with Crippen LogP contribution in [0.5, 0.6) is 0 Å². The van der Waals surface area contributed by atoms with Crippen LogP contribution in [0.15, 0.2) is 48.6 Å². The molecule has 538 valence electrons. The minimum Gasteiger partial charge on any atom is -0.394 e. The van der Waals surface area contributed by atoms with Crippen molar-refractivity contribution in [2.45, 2.75) is 381 Å². The zero-order chi connectivity index (χ0) is 66.8. The first-order valence-electron chi connectivity index (χ1n) is 36.9. The maximum Gasteiger partial charge on any atom is 0.220 e. The molecule has 0 aromatic rings. The van der Waals surface area contributed by atoms with Crippen molar-refractivity contribution in [2.24, 2.45) is 0 Å². The molecule has 3 rings (SSSR count). The lowest BCUT2D eigenvalue weighted by Crippen LogP contribution is -2.66. The van der Waals surface area contributed by atoms with E-state index in [0.717, 1.165) is 77.0 Å². The number of hydrogen-bond donors (Lipinski definition) is 12. The van der Waals surface area contributed by atoms with Gasteiger partial charge in [-0.15, -0.1) is 0 Å². The van der Waals surface area contributed by atoms with Crippen molar-refractivity contribution in [1.82, 2.24) is 5.32 Å². The lowest BCUT2D eigenvalue weighted by Gasteiger charge is -2.48. The highest BCUT2D eigenvalue weighted by Gasteiger charge is 2.53. The van der Waals surface area contributed by atoms with E-state index in [2.05, 4.69) is 55.6 Å². The molecule has 0 aromatic carbocycles. The van der Waals surface area contributed by atoms with Crippen LogP contribution < -0.4 is 5.32 Å². The third kappa shape index (κ3) is 35.8. The molecular formula is C73H133NO18. The van der Waals surface area contributed by atoms with E-state index in [-0.39, 0.29) is 18.9 Å². The maximum atomic E-state index is 13.4. The van der Waals surface area contributed by atoms with Gasteiger partial charge in [0.2, 0.25) is 5.91 Å². The molecule has 0 saturated carbocycles. The third-order valence-corrected chi connectivity index (χ3v) is 18.4. The van der Waals surface area contributed by atoms with Gasteiger partial charge in [-0.2, -0.15) is 0 Å². The van der Waals surface area contributed by atoms with Crippen molar-refractivity contribution in [1.29, 1.82) is 0 Å². The summed E-state index contributed by atoms with van der Waals surface area (Å²) >= 11 is 0. The van der Waals surface area contributed by atoms with E-state index in [1.807, 2.05) is 6.08 Å². The van der Waals surface area contributed by atoms with Crippen molar-refractivity contribution >= 4 is 5.91 Å². The molecule has 12 N–H and O–H groups in total. The molecule has 92 heavy (non-hydrogen) atoms. The van der Waals surface area contributed by atoms with Crippen molar-refractivity contribution < 1.29 is 89.4 Å². The number of amides is 1. The van der Waals surface area contributed by atoms with Gasteiger partial charge in [0.25, 0.3) is 0 Å². The fourth-order valence-electron chi connectivity index (χ4n) is 12.4. The highest BCUT2D eigenvalue weighted by molar-refractivity contribution is 5.76. The number of aliphatic hydroxyl groups is 11. The average Bonchev–Trinajstić information content (AvgIpc) is 0.837. The number of carbonyl (C=O) groups is 1. The largest absolute Gasteiger partial charge is 0.394 e. The molecule has 0 aromatic heterocycles. The Bertz CT molecular complexity index is 1860. The summed E-state index contributed by atoms with van der Waals surface area (Å²) in [6.07, 6.45) is 39.7. The summed E-state index contributed by atoms with van der Waals surface area (Å²) in [6.45, 7) is 1.63. The number of ether oxygens (including phenoxy) is 6. The smallest absolute Gasteiger partial charge is 0.220 e. The summed E-state index contributed by atoms with van der Waals surface area (Å²) in [5, 5.41) is 121. The van der Waals surface area contributed by atoms with Gasteiger partial charge in [0.15, 0.2) is 18.9 Å². The Kier molecular flexibility index (Phi) is 50.0. The fraction of sp³-hybridized carbons (Fsp3) is 0.877. The van der Waals surface area contributed by atoms with Gasteiger partial charge in [0.05, 0.1) is 38.6 Å². The first kappa shape index (κ1) is 84.0. The fourth-order valence-corrected chi connectivity index (χ4v) is 12.4. The average molecular weight is 1310 g/mol. The number of hydrogen-bond acceptors (Lipinski definition) is 18. The summed E-state index contributed by atoms with van der Waals surface area (Å²) in [6, 6.07) is -0.984. The highest BCUT2D eigenvalue weighted by atomic mass is 16.8. The molecule has 3 saturated heterocycles. The van der Waals surface area contributed by atoms with Crippen molar-refractivity contribution in [3.8, 4) is 0 Å². The lowest BCUT2D eigenvalue weighted by molar-refractivity contribution is -0.379. The Morgan fingerprint density at radius 2 is 0.750 bits per heavy atom. The summed E-state index contributed by atoms with van der Waals surface area (Å²) in [5.41, 5.74) is 0. The van der Waals surface area contributed by atoms with Crippen molar-refractivity contribution in [3.63, 3.8) is 0 Å². The predicted octanol–water partition coefficient (Wildman–Crippen LogP) is 10.6. The molecule has 0 radical (unpaired) electrons. The van der Waals surface area contributed by atoms with Crippen LogP contribution in [0.3, 0.4) is 0 Å². The second kappa shape index (κ2) is 54.7. The van der Waals surface area contributed by atoms with Crippen LogP contribution in [0.4, 0.5) is 0 Å². The Balaban J connectivity index is 1.38. The highest BCUT2D eigenvalue weighted by Crippen LogP contribution is 2.33. The molecule has 3 aliphatic heterocycles. The first-order chi connectivity index (χ1) is 44.8. The van der Waals surface area contributed by atoms with E-state index in [9.17, 15) is 61.0 Å². The van der Waals surface area contributed by atoms with Crippen LogP contribution in [0, 0.1) is 0 Å². The number of rotatable bonds is 57. The second-order valence-electron chi connectivity index (χ2n) is 26.4. The normalized spacial score (nSPS) is 27.9. The minimum absolute atomic E-state index is 0.223. The number of nitrogens with one attached hydrogen (secondary N) is 1. The van der Waals surface area contributed by atoms with Gasteiger partial charge in [-0.25, -0.2) is 0 Å². The summed E-state index contributed by atoms with van der Waals surface area (Å²) in [5.74, 6) is -0.291. The van der Waals surface area contributed by atoms with Gasteiger partial charge in [0.1, 0.15) is 73.2 Å². The Labute approximate surface area is 554 Å². The Hall–Kier alpha value is -2.25. The van der Waals surface area contributed by atoms with Gasteiger partial charge in [-0.1, -0.05) is 268 Å². The molecule has 3 fully saturated rings. The van der Waals surface area contributed by atoms with E-state index >= 15 is 0 Å². The topological polar surface area (TPSA) is 307 Å². The molecule has 19 nitrogen and oxygen atoms in total. The molecule has 0 spiro atoms. The molecule has 3 aliphatic rings. The van der Waals surface area contributed by atoms with Gasteiger partial charge >= 0.3 is 0 Å². The van der Waals surface area contributed by atoms with Crippen molar-refractivity contribution in [3.05, 3.63) is 48.6 Å². The molecular weight excluding hydrogens is 1180 g/mol. The van der Waals surface area contributed by atoms with E-state index in [0.29, 0.717) is 6.42 Å². The Morgan fingerprint density at radius 1 is 0.402 bits per heavy atom. The summed E-state index contributed by atoms with van der Waals surface area (Å²) in [7, 11) is 0. The molecule has 17 unspecified atom stereocenters. The number of carbonyl (C=O) groups excluding carboxylic acids is 1. The number of aliphatic hydroxyl groups excluding tert-OH is 11. The lowest BCUT2D eigenvalue weighted by atomic mass is 9.96. The van der Waals surface area contributed by atoms with Crippen LogP contribution in [0.1, 0.15) is 277 Å². The quantitative estimate of drug-likeness (QED) is 0.0199. The second-order valence-corrected chi connectivity index (χ2v) is 26.4. The minimum atomic E-state index is -1.98. The molecule has 1 amide bonds. The van der Waals surface area contributed by atoms with Crippen LogP contribution in [-0.4, -0.2) is 193 Å². The van der Waals surface area contributed by atoms with Gasteiger partial charge in [-0.3, -0.25) is 4.79 Å². The van der Waals surface area contributed by atoms with Crippen LogP contribution in [-0.2, 0) is 33.2 Å². The third-order valence-electron chi connectivity index (χ3n) is 18.4. The maximum absolute atomic E-state index is 13.4. The molecule has 19 heteroatoms.